The van der Waals surface area contributed by atoms with Crippen LogP contribution in [-0.2, 0) is 28.3 Å². The van der Waals surface area contributed by atoms with Crippen LogP contribution in [0.25, 0.3) is 5.57 Å². The molecule has 3 aliphatic rings. The van der Waals surface area contributed by atoms with Crippen molar-refractivity contribution in [1.82, 2.24) is 4.90 Å². The van der Waals surface area contributed by atoms with Gasteiger partial charge in [-0.3, -0.25) is 9.69 Å². The number of carboxylic acid groups (broad SMARTS) is 1. The molecule has 2 aromatic carbocycles. The normalized spacial score (nSPS) is 22.6. The summed E-state index contributed by atoms with van der Waals surface area (Å²) in [4.78, 5) is 26.2. The second kappa shape index (κ2) is 12.4. The molecule has 0 bridgehead atoms. The average molecular weight is 668 g/mol. The second-order valence-corrected chi connectivity index (χ2v) is 14.1. The molecule has 0 spiro atoms. The number of halogens is 6. The van der Waals surface area contributed by atoms with Gasteiger partial charge in [0.05, 0.1) is 30.7 Å². The first-order valence-electron chi connectivity index (χ1n) is 15.7. The van der Waals surface area contributed by atoms with Crippen LogP contribution in [0.3, 0.4) is 0 Å². The van der Waals surface area contributed by atoms with E-state index in [9.17, 15) is 41.0 Å². The highest BCUT2D eigenvalue weighted by Gasteiger charge is 2.44. The van der Waals surface area contributed by atoms with Gasteiger partial charge in [0.25, 0.3) is 0 Å². The fourth-order valence-corrected chi connectivity index (χ4v) is 7.35. The molecule has 1 heterocycles. The number of hydrogen-bond donors (Lipinski definition) is 1. The van der Waals surface area contributed by atoms with Crippen LogP contribution in [0.15, 0.2) is 42.0 Å². The number of carbonyl (C=O) groups is 2. The fraction of sp³-hybridized carbons (Fsp3) is 0.543. The third-order valence-corrected chi connectivity index (χ3v) is 9.97. The number of methoxy groups -OCH3 is 1. The van der Waals surface area contributed by atoms with Gasteiger partial charge in [0, 0.05) is 12.1 Å². The van der Waals surface area contributed by atoms with Crippen molar-refractivity contribution < 1.29 is 50.5 Å². The summed E-state index contributed by atoms with van der Waals surface area (Å²) in [6.45, 7) is 5.81. The smallest absolute Gasteiger partial charge is 0.416 e. The van der Waals surface area contributed by atoms with Gasteiger partial charge in [-0.05, 0) is 109 Å². The summed E-state index contributed by atoms with van der Waals surface area (Å²) in [6.07, 6.45) is -6.87. The predicted octanol–water partition coefficient (Wildman–Crippen LogP) is 9.47. The molecule has 6 nitrogen and oxygen atoms in total. The number of nitrogens with zero attached hydrogens (tertiary/aromatic N) is 1. The molecular weight excluding hydrogens is 628 g/mol. The lowest BCUT2D eigenvalue weighted by molar-refractivity contribution is -0.143. The van der Waals surface area contributed by atoms with E-state index < -0.39 is 47.7 Å². The molecule has 2 aliphatic carbocycles. The quantitative estimate of drug-likeness (QED) is 0.270. The summed E-state index contributed by atoms with van der Waals surface area (Å²) in [5.41, 5.74) is -0.130. The molecule has 1 saturated heterocycles. The molecule has 2 atom stereocenters. The molecule has 0 radical (unpaired) electrons. The van der Waals surface area contributed by atoms with Crippen molar-refractivity contribution in [3.63, 3.8) is 0 Å². The van der Waals surface area contributed by atoms with E-state index in [0.717, 1.165) is 48.0 Å². The summed E-state index contributed by atoms with van der Waals surface area (Å²) in [6, 6.07) is 6.22. The zero-order valence-corrected chi connectivity index (χ0v) is 26.8. The van der Waals surface area contributed by atoms with Crippen LogP contribution in [0, 0.1) is 10.8 Å². The second-order valence-electron chi connectivity index (χ2n) is 14.1. The lowest BCUT2D eigenvalue weighted by atomic mass is 9.63. The van der Waals surface area contributed by atoms with Crippen molar-refractivity contribution in [3.05, 3.63) is 69.8 Å². The lowest BCUT2D eigenvalue weighted by Gasteiger charge is -2.41. The number of aliphatic carboxylic acids is 1. The van der Waals surface area contributed by atoms with E-state index in [0.29, 0.717) is 37.1 Å². The summed E-state index contributed by atoms with van der Waals surface area (Å²) in [7, 11) is 1.55. The third-order valence-electron chi connectivity index (χ3n) is 9.97. The van der Waals surface area contributed by atoms with Crippen LogP contribution in [0.4, 0.5) is 31.1 Å². The minimum atomic E-state index is -5.03. The van der Waals surface area contributed by atoms with E-state index in [4.69, 9.17) is 9.47 Å². The highest BCUT2D eigenvalue weighted by Crippen LogP contribution is 2.49. The molecule has 256 valence electrons. The molecule has 12 heteroatoms. The Hall–Kier alpha value is -3.70. The Bertz CT molecular complexity index is 1540. The van der Waals surface area contributed by atoms with Crippen molar-refractivity contribution in [2.75, 3.05) is 13.7 Å². The number of cyclic esters (lactones) is 1. The lowest BCUT2D eigenvalue weighted by Crippen LogP contribution is -2.35. The number of allylic oxidation sites excluding steroid dienone is 1. The monoisotopic (exact) mass is 667 g/mol. The minimum Gasteiger partial charge on any atom is -0.496 e. The first-order valence-corrected chi connectivity index (χ1v) is 15.7. The predicted molar refractivity (Wildman–Crippen MR) is 162 cm³/mol. The molecule has 5 rings (SSSR count). The van der Waals surface area contributed by atoms with Gasteiger partial charge in [-0.15, -0.1) is 0 Å². The van der Waals surface area contributed by atoms with E-state index in [1.54, 1.807) is 14.0 Å². The van der Waals surface area contributed by atoms with Gasteiger partial charge in [-0.25, -0.2) is 4.79 Å². The Morgan fingerprint density at radius 3 is 2.19 bits per heavy atom. The standard InChI is InChI=1S/C35H39F6NO5/c1-20-30(22-13-24(34(36,37)38)15-25(14-22)35(39,40)41)47-31(45)42(20)19-23-17-32(2,3)11-8-26(23)27-12-21(6-7-28(27)46-4)16-33(9-5-10-33)18-29(43)44/h6-7,12-15,20,30H,5,8-11,16-19H2,1-4H3,(H,43,44)/t20-,30-/m0/s1. The van der Waals surface area contributed by atoms with Gasteiger partial charge in [0.15, 0.2) is 0 Å². The number of alkyl halides is 6. The van der Waals surface area contributed by atoms with Crippen molar-refractivity contribution >= 4 is 17.6 Å². The highest BCUT2D eigenvalue weighted by molar-refractivity contribution is 5.77. The molecule has 2 aromatic rings. The van der Waals surface area contributed by atoms with Gasteiger partial charge < -0.3 is 14.6 Å². The molecule has 1 N–H and O–H groups in total. The molecule has 1 amide bonds. The minimum absolute atomic E-state index is 0.0554. The van der Waals surface area contributed by atoms with Gasteiger partial charge in [-0.1, -0.05) is 26.3 Å². The Kier molecular flexibility index (Phi) is 9.13. The fourth-order valence-electron chi connectivity index (χ4n) is 7.35. The van der Waals surface area contributed by atoms with E-state index in [1.807, 2.05) is 18.2 Å². The van der Waals surface area contributed by atoms with E-state index in [-0.39, 0.29) is 35.4 Å². The van der Waals surface area contributed by atoms with E-state index in [2.05, 4.69) is 13.8 Å². The van der Waals surface area contributed by atoms with Crippen LogP contribution in [-0.4, -0.2) is 41.8 Å². The summed E-state index contributed by atoms with van der Waals surface area (Å²) in [5.74, 6) is -0.219. The number of benzene rings is 2. The largest absolute Gasteiger partial charge is 0.496 e. The van der Waals surface area contributed by atoms with E-state index >= 15 is 0 Å². The van der Waals surface area contributed by atoms with Crippen LogP contribution >= 0.6 is 0 Å². The molecule has 0 aromatic heterocycles. The Labute approximate surface area is 269 Å². The van der Waals surface area contributed by atoms with Gasteiger partial charge in [0.2, 0.25) is 0 Å². The first kappa shape index (κ1) is 34.6. The topological polar surface area (TPSA) is 76.1 Å². The zero-order chi connectivity index (χ0) is 34.5. The number of carbonyl (C=O) groups excluding carboxylic acids is 1. The maximum absolute atomic E-state index is 13.6. The van der Waals surface area contributed by atoms with Crippen molar-refractivity contribution in [3.8, 4) is 5.75 Å². The summed E-state index contributed by atoms with van der Waals surface area (Å²) < 4.78 is 92.8. The Balaban J connectivity index is 1.50. The molecule has 0 unspecified atom stereocenters. The molecular formula is C35H39F6NO5. The Morgan fingerprint density at radius 2 is 1.66 bits per heavy atom. The summed E-state index contributed by atoms with van der Waals surface area (Å²) in [5, 5.41) is 9.52. The van der Waals surface area contributed by atoms with Crippen LogP contribution in [0.5, 0.6) is 5.75 Å². The van der Waals surface area contributed by atoms with E-state index in [1.165, 1.54) is 4.90 Å². The average Bonchev–Trinajstić information content (AvgIpc) is 3.22. The van der Waals surface area contributed by atoms with Gasteiger partial charge >= 0.3 is 24.4 Å². The number of carboxylic acids is 1. The Morgan fingerprint density at radius 1 is 1.02 bits per heavy atom. The summed E-state index contributed by atoms with van der Waals surface area (Å²) >= 11 is 0. The van der Waals surface area contributed by atoms with Crippen LogP contribution < -0.4 is 4.74 Å². The van der Waals surface area contributed by atoms with Crippen molar-refractivity contribution in [1.29, 1.82) is 0 Å². The highest BCUT2D eigenvalue weighted by atomic mass is 19.4. The van der Waals surface area contributed by atoms with Gasteiger partial charge in [0.1, 0.15) is 11.9 Å². The van der Waals surface area contributed by atoms with Gasteiger partial charge in [-0.2, -0.15) is 26.3 Å². The molecule has 1 aliphatic heterocycles. The van der Waals surface area contributed by atoms with Crippen LogP contribution in [0.2, 0.25) is 0 Å². The zero-order valence-electron chi connectivity index (χ0n) is 26.8. The molecule has 1 saturated carbocycles. The maximum atomic E-state index is 13.6. The number of rotatable bonds is 9. The first-order chi connectivity index (χ1) is 21.8. The number of amides is 1. The van der Waals surface area contributed by atoms with Crippen LogP contribution in [0.1, 0.15) is 99.6 Å². The SMILES string of the molecule is COc1ccc(CC2(CC(=O)O)CCC2)cc1C1=C(CN2C(=O)O[C@H](c3cc(C(F)(F)F)cc(C(F)(F)F)c3)[C@@H]2C)CC(C)(C)CC1. The van der Waals surface area contributed by atoms with Crippen molar-refractivity contribution in [2.24, 2.45) is 10.8 Å². The molecule has 47 heavy (non-hydrogen) atoms. The number of ether oxygens (including phenoxy) is 2. The maximum Gasteiger partial charge on any atom is 0.416 e. The molecule has 2 fully saturated rings. The number of hydrogen-bond acceptors (Lipinski definition) is 4. The van der Waals surface area contributed by atoms with Crippen molar-refractivity contribution in [2.45, 2.75) is 96.6 Å². The third kappa shape index (κ3) is 7.41.